The topological polar surface area (TPSA) is 9.86 Å². The third-order valence-electron chi connectivity index (χ3n) is 8.83. The van der Waals surface area contributed by atoms with Crippen LogP contribution >= 0.6 is 0 Å². The van der Waals surface area contributed by atoms with Gasteiger partial charge in [0.05, 0.1) is 22.2 Å². The second kappa shape index (κ2) is 11.0. The lowest BCUT2D eigenvalue weighted by Crippen LogP contribution is -1.98. The molecule has 0 aliphatic carbocycles. The van der Waals surface area contributed by atoms with Crippen LogP contribution in [0.25, 0.3) is 78.5 Å². The Balaban J connectivity index is 1.38. The molecule has 0 atom stereocenters. The van der Waals surface area contributed by atoms with E-state index in [4.69, 9.17) is 0 Å². The molecule has 0 saturated heterocycles. The first-order valence-electron chi connectivity index (χ1n) is 15.4. The van der Waals surface area contributed by atoms with Gasteiger partial charge in [0, 0.05) is 38.7 Å². The quantitative estimate of drug-likeness (QED) is 0.186. The molecule has 45 heavy (non-hydrogen) atoms. The fourth-order valence-electron chi connectivity index (χ4n) is 6.85. The summed E-state index contributed by atoms with van der Waals surface area (Å²) in [5, 5.41) is 3.68. The third kappa shape index (κ3) is 4.34. The van der Waals surface area contributed by atoms with Crippen molar-refractivity contribution in [3.05, 3.63) is 170 Å². The van der Waals surface area contributed by atoms with E-state index in [1.807, 2.05) is 6.08 Å². The Morgan fingerprint density at radius 3 is 1.89 bits per heavy atom. The highest BCUT2D eigenvalue weighted by Crippen LogP contribution is 2.40. The molecule has 8 rings (SSSR count). The lowest BCUT2D eigenvalue weighted by atomic mass is 9.99. The van der Waals surface area contributed by atoms with E-state index in [0.717, 1.165) is 22.6 Å². The van der Waals surface area contributed by atoms with Gasteiger partial charge in [0.15, 0.2) is 0 Å². The Kier molecular flexibility index (Phi) is 6.54. The van der Waals surface area contributed by atoms with Crippen LogP contribution in [0, 0.1) is 0 Å². The number of para-hydroxylation sites is 3. The van der Waals surface area contributed by atoms with Crippen molar-refractivity contribution in [1.82, 2.24) is 9.13 Å². The molecule has 0 saturated carbocycles. The van der Waals surface area contributed by atoms with Crippen LogP contribution in [-0.4, -0.2) is 9.13 Å². The van der Waals surface area contributed by atoms with Crippen LogP contribution in [0.4, 0.5) is 0 Å². The van der Waals surface area contributed by atoms with Crippen molar-refractivity contribution in [3.63, 3.8) is 0 Å². The van der Waals surface area contributed by atoms with Gasteiger partial charge in [0.2, 0.25) is 0 Å². The van der Waals surface area contributed by atoms with Gasteiger partial charge in [-0.05, 0) is 72.2 Å². The number of fused-ring (bicyclic) bond motifs is 4. The molecule has 0 aliphatic rings. The van der Waals surface area contributed by atoms with Crippen LogP contribution in [0.3, 0.4) is 0 Å². The maximum Gasteiger partial charge on any atom is 0.0619 e. The van der Waals surface area contributed by atoms with Crippen LogP contribution in [0.2, 0.25) is 0 Å². The van der Waals surface area contributed by atoms with Crippen molar-refractivity contribution in [2.45, 2.75) is 6.92 Å². The van der Waals surface area contributed by atoms with Crippen LogP contribution < -0.4 is 0 Å². The number of benzene rings is 6. The van der Waals surface area contributed by atoms with Crippen LogP contribution in [0.1, 0.15) is 18.2 Å². The highest BCUT2D eigenvalue weighted by Gasteiger charge is 2.20. The fourth-order valence-corrected chi connectivity index (χ4v) is 6.85. The van der Waals surface area contributed by atoms with E-state index in [0.29, 0.717) is 0 Å². The number of nitrogens with zero attached hydrogens (tertiary/aromatic N) is 2. The average Bonchev–Trinajstić information content (AvgIpc) is 3.61. The number of allylic oxidation sites excluding steroid dienone is 1. The predicted molar refractivity (Wildman–Crippen MR) is 193 cm³/mol. The number of aromatic nitrogens is 2. The molecule has 0 radical (unpaired) electrons. The van der Waals surface area contributed by atoms with E-state index >= 15 is 0 Å². The maximum atomic E-state index is 4.24. The third-order valence-corrected chi connectivity index (χ3v) is 8.83. The summed E-state index contributed by atoms with van der Waals surface area (Å²) < 4.78 is 4.76. The second-order valence-electron chi connectivity index (χ2n) is 11.4. The minimum atomic E-state index is 1.12. The summed E-state index contributed by atoms with van der Waals surface area (Å²) in [5.74, 6) is 0. The Morgan fingerprint density at radius 1 is 0.511 bits per heavy atom. The molecule has 0 aliphatic heterocycles. The largest absolute Gasteiger partial charge is 0.309 e. The standard InChI is InChI=1S/C43H32N2/c1-3-14-40-35(4-2)38-21-13-20-36(43(38)45(40)34-26-23-31(24-27-34)30-15-7-5-8-16-30)32-25-28-42-39(29-32)37-19-11-12-22-41(37)44(42)33-17-9-6-10-18-33/h3-29H,2H2,1H3/b14-3-. The van der Waals surface area contributed by atoms with E-state index in [1.165, 1.54) is 55.0 Å². The van der Waals surface area contributed by atoms with Gasteiger partial charge >= 0.3 is 0 Å². The zero-order chi connectivity index (χ0) is 30.3. The molecule has 0 amide bonds. The Bertz CT molecular complexity index is 2370. The van der Waals surface area contributed by atoms with Crippen molar-refractivity contribution >= 4 is 44.9 Å². The SMILES string of the molecule is C=Cc1c(/C=C\C)n(-c2ccc(-c3ccccc3)cc2)c2c(-c3ccc4c(c3)c3ccccc3n4-c3ccccc3)cccc12. The highest BCUT2D eigenvalue weighted by atomic mass is 15.0. The molecule has 214 valence electrons. The number of hydrogen-bond donors (Lipinski definition) is 0. The summed E-state index contributed by atoms with van der Waals surface area (Å²) in [4.78, 5) is 0. The number of hydrogen-bond acceptors (Lipinski definition) is 0. The van der Waals surface area contributed by atoms with E-state index in [9.17, 15) is 0 Å². The predicted octanol–water partition coefficient (Wildman–Crippen LogP) is 11.7. The molecule has 0 unspecified atom stereocenters. The van der Waals surface area contributed by atoms with E-state index in [2.05, 4.69) is 180 Å². The lowest BCUT2D eigenvalue weighted by Gasteiger charge is -2.14. The van der Waals surface area contributed by atoms with E-state index in [-0.39, 0.29) is 0 Å². The zero-order valence-electron chi connectivity index (χ0n) is 25.2. The number of rotatable bonds is 6. The first-order valence-corrected chi connectivity index (χ1v) is 15.4. The molecule has 6 aromatic carbocycles. The van der Waals surface area contributed by atoms with Gasteiger partial charge in [-0.15, -0.1) is 0 Å². The molecule has 2 heterocycles. The van der Waals surface area contributed by atoms with Gasteiger partial charge in [-0.1, -0.05) is 122 Å². The second-order valence-corrected chi connectivity index (χ2v) is 11.4. The minimum absolute atomic E-state index is 1.12. The van der Waals surface area contributed by atoms with Gasteiger partial charge in [-0.25, -0.2) is 0 Å². The first kappa shape index (κ1) is 26.7. The van der Waals surface area contributed by atoms with Crippen LogP contribution in [0.5, 0.6) is 0 Å². The molecular weight excluding hydrogens is 544 g/mol. The van der Waals surface area contributed by atoms with Crippen molar-refractivity contribution in [2.75, 3.05) is 0 Å². The highest BCUT2D eigenvalue weighted by molar-refractivity contribution is 6.12. The molecule has 8 aromatic rings. The zero-order valence-corrected chi connectivity index (χ0v) is 25.2. The molecule has 2 heteroatoms. The van der Waals surface area contributed by atoms with Gasteiger partial charge < -0.3 is 9.13 Å². The minimum Gasteiger partial charge on any atom is -0.309 e. The molecule has 0 N–H and O–H groups in total. The molecule has 0 bridgehead atoms. The summed E-state index contributed by atoms with van der Waals surface area (Å²) in [6.45, 7) is 6.32. The summed E-state index contributed by atoms with van der Waals surface area (Å²) in [5.41, 5.74) is 12.9. The molecule has 0 spiro atoms. The Morgan fingerprint density at radius 2 is 1.13 bits per heavy atom. The Hall–Kier alpha value is -5.86. The Labute approximate surface area is 263 Å². The van der Waals surface area contributed by atoms with Crippen molar-refractivity contribution < 1.29 is 0 Å². The molecular formula is C43H32N2. The van der Waals surface area contributed by atoms with Gasteiger partial charge in [0.1, 0.15) is 0 Å². The summed E-state index contributed by atoms with van der Waals surface area (Å²) in [6.07, 6.45) is 6.30. The van der Waals surface area contributed by atoms with Gasteiger partial charge in [-0.2, -0.15) is 0 Å². The summed E-state index contributed by atoms with van der Waals surface area (Å²) in [6, 6.07) is 52.3. The lowest BCUT2D eigenvalue weighted by molar-refractivity contribution is 1.11. The average molecular weight is 577 g/mol. The summed E-state index contributed by atoms with van der Waals surface area (Å²) in [7, 11) is 0. The van der Waals surface area contributed by atoms with Crippen LogP contribution in [0.15, 0.2) is 158 Å². The van der Waals surface area contributed by atoms with Crippen molar-refractivity contribution in [3.8, 4) is 33.6 Å². The molecule has 2 nitrogen and oxygen atoms in total. The molecule has 0 fully saturated rings. The smallest absolute Gasteiger partial charge is 0.0619 e. The monoisotopic (exact) mass is 576 g/mol. The van der Waals surface area contributed by atoms with Gasteiger partial charge in [-0.3, -0.25) is 0 Å². The summed E-state index contributed by atoms with van der Waals surface area (Å²) >= 11 is 0. The van der Waals surface area contributed by atoms with Crippen molar-refractivity contribution in [1.29, 1.82) is 0 Å². The fraction of sp³-hybridized carbons (Fsp3) is 0.0233. The van der Waals surface area contributed by atoms with Crippen molar-refractivity contribution in [2.24, 2.45) is 0 Å². The maximum absolute atomic E-state index is 4.24. The van der Waals surface area contributed by atoms with E-state index in [1.54, 1.807) is 0 Å². The first-order chi connectivity index (χ1) is 22.3. The van der Waals surface area contributed by atoms with Gasteiger partial charge in [0.25, 0.3) is 0 Å². The van der Waals surface area contributed by atoms with E-state index < -0.39 is 0 Å². The normalized spacial score (nSPS) is 11.7. The van der Waals surface area contributed by atoms with Crippen LogP contribution in [-0.2, 0) is 0 Å². The molecule has 2 aromatic heterocycles.